The Labute approximate surface area is 138 Å². The van der Waals surface area contributed by atoms with Crippen LogP contribution in [0.4, 0.5) is 10.5 Å². The van der Waals surface area contributed by atoms with Crippen LogP contribution in [-0.2, 0) is 4.79 Å². The van der Waals surface area contributed by atoms with Gasteiger partial charge in [0, 0.05) is 18.8 Å². The van der Waals surface area contributed by atoms with Crippen molar-refractivity contribution >= 4 is 29.3 Å². The molecule has 1 aliphatic heterocycles. The molecule has 1 aromatic carbocycles. The Hall–Kier alpha value is -2.26. The van der Waals surface area contributed by atoms with E-state index in [9.17, 15) is 14.7 Å². The van der Waals surface area contributed by atoms with Gasteiger partial charge in [-0.3, -0.25) is 4.79 Å². The zero-order valence-corrected chi connectivity index (χ0v) is 13.1. The molecule has 1 saturated heterocycles. The molecule has 1 aromatic rings. The molecule has 120 valence electrons. The number of urea groups is 1. The van der Waals surface area contributed by atoms with Crippen LogP contribution in [0, 0.1) is 22.7 Å². The summed E-state index contributed by atoms with van der Waals surface area (Å²) < 4.78 is 0. The molecule has 0 aromatic heterocycles. The van der Waals surface area contributed by atoms with E-state index >= 15 is 0 Å². The molecule has 0 spiro atoms. The summed E-state index contributed by atoms with van der Waals surface area (Å²) in [6.07, 6.45) is 2.37. The smallest absolute Gasteiger partial charge is 0.321 e. The lowest BCUT2D eigenvalue weighted by Crippen LogP contribution is -2.38. The Morgan fingerprint density at radius 1 is 1.48 bits per heavy atom. The lowest BCUT2D eigenvalue weighted by atomic mass is 9.81. The lowest BCUT2D eigenvalue weighted by molar-refractivity contribution is -0.149. The van der Waals surface area contributed by atoms with E-state index in [2.05, 4.69) is 5.32 Å². The number of nitriles is 1. The summed E-state index contributed by atoms with van der Waals surface area (Å²) in [6, 6.07) is 6.28. The topological polar surface area (TPSA) is 93.4 Å². The molecule has 23 heavy (non-hydrogen) atoms. The first-order valence-corrected chi connectivity index (χ1v) is 7.83. The highest BCUT2D eigenvalue weighted by atomic mass is 35.5. The van der Waals surface area contributed by atoms with Crippen molar-refractivity contribution in [3.05, 3.63) is 28.8 Å². The van der Waals surface area contributed by atoms with Gasteiger partial charge in [0.2, 0.25) is 0 Å². The summed E-state index contributed by atoms with van der Waals surface area (Å²) in [4.78, 5) is 25.6. The van der Waals surface area contributed by atoms with Crippen LogP contribution in [0.1, 0.15) is 24.8 Å². The van der Waals surface area contributed by atoms with Gasteiger partial charge in [-0.2, -0.15) is 5.26 Å². The maximum Gasteiger partial charge on any atom is 0.321 e. The van der Waals surface area contributed by atoms with Crippen LogP contribution in [0.25, 0.3) is 0 Å². The van der Waals surface area contributed by atoms with E-state index in [1.807, 2.05) is 6.07 Å². The van der Waals surface area contributed by atoms with E-state index in [0.717, 1.165) is 12.8 Å². The third-order valence-electron chi connectivity index (χ3n) is 4.92. The number of anilines is 1. The number of benzene rings is 1. The van der Waals surface area contributed by atoms with Gasteiger partial charge >= 0.3 is 12.0 Å². The number of amides is 2. The van der Waals surface area contributed by atoms with Crippen molar-refractivity contribution in [3.63, 3.8) is 0 Å². The van der Waals surface area contributed by atoms with Crippen molar-refractivity contribution in [2.45, 2.75) is 19.3 Å². The molecule has 1 aliphatic carbocycles. The number of fused-ring (bicyclic) bond motifs is 1. The monoisotopic (exact) mass is 333 g/mol. The van der Waals surface area contributed by atoms with Crippen LogP contribution in [0.15, 0.2) is 18.2 Å². The number of hydrogen-bond acceptors (Lipinski definition) is 3. The number of halogens is 1. The molecular formula is C16H16ClN3O3. The molecule has 0 radical (unpaired) electrons. The minimum atomic E-state index is -0.809. The molecule has 6 nitrogen and oxygen atoms in total. The van der Waals surface area contributed by atoms with Crippen LogP contribution in [0.3, 0.4) is 0 Å². The zero-order valence-electron chi connectivity index (χ0n) is 12.4. The van der Waals surface area contributed by atoms with E-state index in [1.54, 1.807) is 11.0 Å². The number of nitrogens with zero attached hydrogens (tertiary/aromatic N) is 2. The fourth-order valence-electron chi connectivity index (χ4n) is 3.68. The Morgan fingerprint density at radius 2 is 2.26 bits per heavy atom. The highest BCUT2D eigenvalue weighted by Gasteiger charge is 2.55. The van der Waals surface area contributed by atoms with E-state index in [1.165, 1.54) is 12.1 Å². The summed E-state index contributed by atoms with van der Waals surface area (Å²) in [5, 5.41) is 21.4. The second kappa shape index (κ2) is 5.74. The number of hydrogen-bond donors (Lipinski definition) is 2. The minimum absolute atomic E-state index is 0.0234. The molecule has 0 unspecified atom stereocenters. The number of carboxylic acids is 1. The fraction of sp³-hybridized carbons (Fsp3) is 0.438. The molecule has 2 N–H and O–H groups in total. The second-order valence-corrected chi connectivity index (χ2v) is 6.57. The summed E-state index contributed by atoms with van der Waals surface area (Å²) in [6.45, 7) is 0.699. The second-order valence-electron chi connectivity index (χ2n) is 6.17. The van der Waals surface area contributed by atoms with Gasteiger partial charge in [0.1, 0.15) is 6.07 Å². The Balaban J connectivity index is 1.72. The molecular weight excluding hydrogens is 318 g/mol. The largest absolute Gasteiger partial charge is 0.481 e. The van der Waals surface area contributed by atoms with E-state index in [4.69, 9.17) is 16.9 Å². The van der Waals surface area contributed by atoms with Crippen LogP contribution < -0.4 is 5.32 Å². The molecule has 7 heteroatoms. The van der Waals surface area contributed by atoms with E-state index < -0.39 is 11.4 Å². The normalized spacial score (nSPS) is 25.7. The van der Waals surface area contributed by atoms with Crippen LogP contribution in [0.5, 0.6) is 0 Å². The van der Waals surface area contributed by atoms with Gasteiger partial charge in [-0.05, 0) is 37.0 Å². The van der Waals surface area contributed by atoms with E-state index in [-0.39, 0.29) is 23.5 Å². The predicted octanol–water partition coefficient (Wildman–Crippen LogP) is 2.93. The Morgan fingerprint density at radius 3 is 2.87 bits per heavy atom. The summed E-state index contributed by atoms with van der Waals surface area (Å²) >= 11 is 5.95. The average Bonchev–Trinajstić information content (AvgIpc) is 3.05. The van der Waals surface area contributed by atoms with Gasteiger partial charge in [-0.1, -0.05) is 18.0 Å². The van der Waals surface area contributed by atoms with Gasteiger partial charge in [-0.25, -0.2) is 4.79 Å². The van der Waals surface area contributed by atoms with Crippen LogP contribution >= 0.6 is 11.6 Å². The number of aliphatic carboxylic acids is 1. The zero-order chi connectivity index (χ0) is 16.6. The van der Waals surface area contributed by atoms with Gasteiger partial charge in [0.05, 0.1) is 16.0 Å². The number of nitrogens with one attached hydrogen (secondary N) is 1. The van der Waals surface area contributed by atoms with Crippen molar-refractivity contribution in [1.29, 1.82) is 5.26 Å². The van der Waals surface area contributed by atoms with Crippen molar-refractivity contribution in [1.82, 2.24) is 4.90 Å². The highest BCUT2D eigenvalue weighted by Crippen LogP contribution is 2.48. The third-order valence-corrected chi connectivity index (χ3v) is 5.24. The van der Waals surface area contributed by atoms with Crippen molar-refractivity contribution in [3.8, 4) is 6.07 Å². The molecule has 2 atom stereocenters. The molecule has 2 amide bonds. The Bertz CT molecular complexity index is 715. The summed E-state index contributed by atoms with van der Waals surface area (Å²) in [5.74, 6) is -0.785. The van der Waals surface area contributed by atoms with Gasteiger partial charge < -0.3 is 15.3 Å². The first kappa shape index (κ1) is 15.6. The molecule has 1 saturated carbocycles. The maximum absolute atomic E-state index is 12.4. The Kier molecular flexibility index (Phi) is 3.90. The molecule has 2 fully saturated rings. The lowest BCUT2D eigenvalue weighted by Gasteiger charge is -2.23. The first-order valence-electron chi connectivity index (χ1n) is 7.45. The summed E-state index contributed by atoms with van der Waals surface area (Å²) in [7, 11) is 0. The molecule has 1 heterocycles. The van der Waals surface area contributed by atoms with Gasteiger partial charge in [0.25, 0.3) is 0 Å². The molecule has 0 bridgehead atoms. The van der Waals surface area contributed by atoms with E-state index in [0.29, 0.717) is 24.2 Å². The van der Waals surface area contributed by atoms with Gasteiger partial charge in [0.15, 0.2) is 0 Å². The van der Waals surface area contributed by atoms with Crippen molar-refractivity contribution in [2.24, 2.45) is 11.3 Å². The van der Waals surface area contributed by atoms with Crippen LogP contribution in [0.2, 0.25) is 5.02 Å². The SMILES string of the molecule is N#Cc1ccc(NC(=O)N2C[C@@H]3CCC[C@@]3(C(=O)O)C2)cc1Cl. The molecule has 2 aliphatic rings. The first-order chi connectivity index (χ1) is 11.0. The third kappa shape index (κ3) is 2.62. The minimum Gasteiger partial charge on any atom is -0.481 e. The molecule has 3 rings (SSSR count). The number of carbonyl (C=O) groups excluding carboxylic acids is 1. The number of carbonyl (C=O) groups is 2. The predicted molar refractivity (Wildman–Crippen MR) is 84.2 cm³/mol. The maximum atomic E-state index is 12.4. The number of rotatable bonds is 2. The summed E-state index contributed by atoms with van der Waals surface area (Å²) in [5.41, 5.74) is 0.0326. The fourth-order valence-corrected chi connectivity index (χ4v) is 3.90. The number of likely N-dealkylation sites (tertiary alicyclic amines) is 1. The number of carboxylic acid groups (broad SMARTS) is 1. The highest BCUT2D eigenvalue weighted by molar-refractivity contribution is 6.32. The van der Waals surface area contributed by atoms with Crippen molar-refractivity contribution in [2.75, 3.05) is 18.4 Å². The average molecular weight is 334 g/mol. The standard InChI is InChI=1S/C16H16ClN3O3/c17-13-6-12(4-3-10(13)7-18)19-15(23)20-8-11-2-1-5-16(11,9-20)14(21)22/h3-4,6,11H,1-2,5,8-9H2,(H,19,23)(H,21,22)/t11-,16+/m0/s1. The van der Waals surface area contributed by atoms with Gasteiger partial charge in [-0.15, -0.1) is 0 Å². The van der Waals surface area contributed by atoms with Crippen LogP contribution in [-0.4, -0.2) is 35.1 Å². The van der Waals surface area contributed by atoms with Crippen molar-refractivity contribution < 1.29 is 14.7 Å². The quantitative estimate of drug-likeness (QED) is 0.870.